The lowest BCUT2D eigenvalue weighted by Gasteiger charge is -2.30. The summed E-state index contributed by atoms with van der Waals surface area (Å²) in [6.45, 7) is 8.31. The Balaban J connectivity index is 1.99. The largest absolute Gasteiger partial charge is 0.354 e. The molecule has 116 valence electrons. The van der Waals surface area contributed by atoms with E-state index in [9.17, 15) is 0 Å². The van der Waals surface area contributed by atoms with Crippen LogP contribution in [0.5, 0.6) is 0 Å². The molecule has 0 radical (unpaired) electrons. The van der Waals surface area contributed by atoms with Crippen LogP contribution in [-0.4, -0.2) is 36.1 Å². The zero-order valence-electron chi connectivity index (χ0n) is 13.5. The summed E-state index contributed by atoms with van der Waals surface area (Å²) in [4.78, 5) is 12.0. The van der Waals surface area contributed by atoms with E-state index in [-0.39, 0.29) is 0 Å². The number of benzene rings is 1. The summed E-state index contributed by atoms with van der Waals surface area (Å²) in [5.74, 6) is 2.08. The fourth-order valence-corrected chi connectivity index (χ4v) is 2.94. The van der Waals surface area contributed by atoms with Gasteiger partial charge in [-0.15, -0.1) is 0 Å². The van der Waals surface area contributed by atoms with Crippen LogP contribution < -0.4 is 10.2 Å². The lowest BCUT2D eigenvalue weighted by atomic mass is 10.0. The predicted octanol–water partition coefficient (Wildman–Crippen LogP) is 2.35. The minimum Gasteiger partial charge on any atom is -0.354 e. The highest BCUT2D eigenvalue weighted by atomic mass is 15.2. The van der Waals surface area contributed by atoms with Crippen LogP contribution in [0, 0.1) is 6.92 Å². The van der Waals surface area contributed by atoms with Gasteiger partial charge in [0.25, 0.3) is 0 Å². The van der Waals surface area contributed by atoms with E-state index in [4.69, 9.17) is 4.98 Å². The van der Waals surface area contributed by atoms with Crippen molar-refractivity contribution in [3.63, 3.8) is 0 Å². The molecular weight excluding hydrogens is 272 g/mol. The molecule has 0 saturated carbocycles. The van der Waals surface area contributed by atoms with Crippen molar-refractivity contribution in [3.8, 4) is 0 Å². The summed E-state index contributed by atoms with van der Waals surface area (Å²) in [6.07, 6.45) is 1.78. The van der Waals surface area contributed by atoms with Crippen molar-refractivity contribution in [2.75, 3.05) is 31.1 Å². The number of nitrogens with zero attached hydrogens (tertiary/aromatic N) is 3. The topological polar surface area (TPSA) is 41.1 Å². The summed E-state index contributed by atoms with van der Waals surface area (Å²) in [6, 6.07) is 10.6. The lowest BCUT2D eigenvalue weighted by Crippen LogP contribution is -2.44. The van der Waals surface area contributed by atoms with Gasteiger partial charge in [-0.25, -0.2) is 9.97 Å². The van der Waals surface area contributed by atoms with Crippen LogP contribution in [0.2, 0.25) is 0 Å². The normalized spacial score (nSPS) is 15.1. The molecule has 1 saturated heterocycles. The maximum absolute atomic E-state index is 4.86. The van der Waals surface area contributed by atoms with Crippen molar-refractivity contribution in [1.82, 2.24) is 15.3 Å². The summed E-state index contributed by atoms with van der Waals surface area (Å²) in [5.41, 5.74) is 3.70. The Morgan fingerprint density at radius 2 is 1.82 bits per heavy atom. The van der Waals surface area contributed by atoms with Gasteiger partial charge in [0.1, 0.15) is 11.6 Å². The number of hydrogen-bond acceptors (Lipinski definition) is 4. The Labute approximate surface area is 132 Å². The molecule has 1 N–H and O–H groups in total. The molecule has 4 heteroatoms. The standard InChI is InChI=1S/C18H24N4/c1-3-17-20-14(2)16(13-15-7-5-4-6-8-15)18(21-17)22-11-9-19-10-12-22/h4-8,19H,3,9-13H2,1-2H3. The maximum Gasteiger partial charge on any atom is 0.136 e. The molecule has 3 rings (SSSR count). The Hall–Kier alpha value is -1.94. The van der Waals surface area contributed by atoms with Crippen molar-refractivity contribution >= 4 is 5.82 Å². The van der Waals surface area contributed by atoms with Crippen LogP contribution >= 0.6 is 0 Å². The fourth-order valence-electron chi connectivity index (χ4n) is 2.94. The molecule has 0 atom stereocenters. The van der Waals surface area contributed by atoms with Crippen LogP contribution in [0.1, 0.15) is 29.6 Å². The highest BCUT2D eigenvalue weighted by molar-refractivity contribution is 5.51. The SMILES string of the molecule is CCc1nc(C)c(Cc2ccccc2)c(N2CCNCC2)n1. The second-order valence-electron chi connectivity index (χ2n) is 5.78. The van der Waals surface area contributed by atoms with Gasteiger partial charge in [0.05, 0.1) is 0 Å². The number of aryl methyl sites for hydroxylation is 2. The first-order chi connectivity index (χ1) is 10.8. The smallest absolute Gasteiger partial charge is 0.136 e. The fraction of sp³-hybridized carbons (Fsp3) is 0.444. The number of piperazine rings is 1. The second kappa shape index (κ2) is 6.88. The van der Waals surface area contributed by atoms with Crippen LogP contribution in [0.4, 0.5) is 5.82 Å². The van der Waals surface area contributed by atoms with Crippen molar-refractivity contribution in [3.05, 3.63) is 53.0 Å². The molecule has 2 aromatic rings. The van der Waals surface area contributed by atoms with Gasteiger partial charge in [-0.3, -0.25) is 0 Å². The molecule has 1 fully saturated rings. The molecule has 4 nitrogen and oxygen atoms in total. The van der Waals surface area contributed by atoms with E-state index >= 15 is 0 Å². The van der Waals surface area contributed by atoms with E-state index in [1.807, 2.05) is 0 Å². The number of nitrogens with one attached hydrogen (secondary N) is 1. The van der Waals surface area contributed by atoms with E-state index < -0.39 is 0 Å². The van der Waals surface area contributed by atoms with Gasteiger partial charge < -0.3 is 10.2 Å². The van der Waals surface area contributed by atoms with Gasteiger partial charge >= 0.3 is 0 Å². The van der Waals surface area contributed by atoms with E-state index in [1.165, 1.54) is 11.1 Å². The van der Waals surface area contributed by atoms with Crippen LogP contribution in [0.15, 0.2) is 30.3 Å². The first-order valence-corrected chi connectivity index (χ1v) is 8.14. The van der Waals surface area contributed by atoms with E-state index in [1.54, 1.807) is 0 Å². The minimum atomic E-state index is 0.881. The quantitative estimate of drug-likeness (QED) is 0.940. The van der Waals surface area contributed by atoms with Gasteiger partial charge in [-0.2, -0.15) is 0 Å². The average molecular weight is 296 g/mol. The number of aromatic nitrogens is 2. The van der Waals surface area contributed by atoms with E-state index in [2.05, 4.69) is 59.4 Å². The Kier molecular flexibility index (Phi) is 4.68. The van der Waals surface area contributed by atoms with Gasteiger partial charge in [0.2, 0.25) is 0 Å². The Morgan fingerprint density at radius 3 is 2.50 bits per heavy atom. The zero-order chi connectivity index (χ0) is 15.4. The minimum absolute atomic E-state index is 0.881. The van der Waals surface area contributed by atoms with Crippen LogP contribution in [0.3, 0.4) is 0 Å². The van der Waals surface area contributed by atoms with Gasteiger partial charge in [-0.05, 0) is 12.5 Å². The summed E-state index contributed by atoms with van der Waals surface area (Å²) in [7, 11) is 0. The molecule has 0 bridgehead atoms. The summed E-state index contributed by atoms with van der Waals surface area (Å²) in [5, 5.41) is 3.41. The Morgan fingerprint density at radius 1 is 1.09 bits per heavy atom. The van der Waals surface area contributed by atoms with E-state index in [0.29, 0.717) is 0 Å². The molecule has 2 heterocycles. The summed E-state index contributed by atoms with van der Waals surface area (Å²) >= 11 is 0. The third kappa shape index (κ3) is 3.28. The molecule has 0 unspecified atom stereocenters. The average Bonchev–Trinajstić information content (AvgIpc) is 2.58. The number of anilines is 1. The predicted molar refractivity (Wildman–Crippen MR) is 90.5 cm³/mol. The lowest BCUT2D eigenvalue weighted by molar-refractivity contribution is 0.581. The molecule has 1 aliphatic heterocycles. The number of hydrogen-bond donors (Lipinski definition) is 1. The summed E-state index contributed by atoms with van der Waals surface area (Å²) < 4.78 is 0. The first-order valence-electron chi connectivity index (χ1n) is 8.14. The molecule has 0 amide bonds. The van der Waals surface area contributed by atoms with Crippen LogP contribution in [0.25, 0.3) is 0 Å². The monoisotopic (exact) mass is 296 g/mol. The molecule has 0 aliphatic carbocycles. The van der Waals surface area contributed by atoms with E-state index in [0.717, 1.165) is 56.4 Å². The van der Waals surface area contributed by atoms with Crippen molar-refractivity contribution in [2.45, 2.75) is 26.7 Å². The van der Waals surface area contributed by atoms with Gasteiger partial charge in [-0.1, -0.05) is 37.3 Å². The first kappa shape index (κ1) is 15.0. The molecule has 22 heavy (non-hydrogen) atoms. The van der Waals surface area contributed by atoms with Crippen molar-refractivity contribution < 1.29 is 0 Å². The molecule has 1 aromatic heterocycles. The third-order valence-electron chi connectivity index (χ3n) is 4.19. The van der Waals surface area contributed by atoms with Gasteiger partial charge in [0, 0.05) is 50.3 Å². The van der Waals surface area contributed by atoms with Crippen molar-refractivity contribution in [1.29, 1.82) is 0 Å². The Bertz CT molecular complexity index is 618. The maximum atomic E-state index is 4.86. The van der Waals surface area contributed by atoms with Gasteiger partial charge in [0.15, 0.2) is 0 Å². The molecule has 0 spiro atoms. The highest BCUT2D eigenvalue weighted by Crippen LogP contribution is 2.24. The second-order valence-corrected chi connectivity index (χ2v) is 5.78. The molecular formula is C18H24N4. The third-order valence-corrected chi connectivity index (χ3v) is 4.19. The van der Waals surface area contributed by atoms with Crippen LogP contribution in [-0.2, 0) is 12.8 Å². The van der Waals surface area contributed by atoms with Crippen molar-refractivity contribution in [2.24, 2.45) is 0 Å². The number of rotatable bonds is 4. The zero-order valence-corrected chi connectivity index (χ0v) is 13.5. The molecule has 1 aliphatic rings. The highest BCUT2D eigenvalue weighted by Gasteiger charge is 2.19. The molecule has 1 aromatic carbocycles.